The van der Waals surface area contributed by atoms with Crippen molar-refractivity contribution >= 4 is 45.2 Å². The van der Waals surface area contributed by atoms with Gasteiger partial charge in [0.15, 0.2) is 0 Å². The Bertz CT molecular complexity index is 231. The van der Waals surface area contributed by atoms with Crippen LogP contribution in [0.5, 0.6) is 0 Å². The van der Waals surface area contributed by atoms with Gasteiger partial charge in [-0.3, -0.25) is 0 Å². The van der Waals surface area contributed by atoms with Crippen molar-refractivity contribution in [1.29, 1.82) is 0 Å². The summed E-state index contributed by atoms with van der Waals surface area (Å²) in [5, 5.41) is 0. The zero-order chi connectivity index (χ0) is 7.72. The molecule has 0 amide bonds. The molecule has 54 valence electrons. The van der Waals surface area contributed by atoms with E-state index in [1.165, 1.54) is 0 Å². The zero-order valence-electron chi connectivity index (χ0n) is 5.29. The Morgan fingerprint density at radius 2 is 1.90 bits per heavy atom. The molecule has 0 aromatic heterocycles. The fourth-order valence-electron chi connectivity index (χ4n) is 0.622. The summed E-state index contributed by atoms with van der Waals surface area (Å²) in [5.41, 5.74) is 0.999. The van der Waals surface area contributed by atoms with Crippen LogP contribution in [-0.2, 0) is 0 Å². The van der Waals surface area contributed by atoms with E-state index in [1.54, 1.807) is 6.07 Å². The van der Waals surface area contributed by atoms with Gasteiger partial charge in [0.05, 0.1) is 3.57 Å². The second-order valence-corrected chi connectivity index (χ2v) is 4.23. The van der Waals surface area contributed by atoms with Gasteiger partial charge in [-0.25, -0.2) is 4.39 Å². The second kappa shape index (κ2) is 3.34. The standard InChI is InChI=1S/C7H5FI2/c1-4-2-3-5(9)6(8)7(4)10/h2-3H,1H3. The van der Waals surface area contributed by atoms with Crippen LogP contribution in [0.25, 0.3) is 0 Å². The molecular formula is C7H5FI2. The first-order valence-corrected chi connectivity index (χ1v) is 4.89. The molecule has 0 N–H and O–H groups in total. The maximum absolute atomic E-state index is 13.0. The molecular weight excluding hydrogens is 357 g/mol. The molecule has 1 aromatic carbocycles. The number of halogens is 3. The molecule has 0 fully saturated rings. The van der Waals surface area contributed by atoms with Gasteiger partial charge in [-0.1, -0.05) is 6.07 Å². The minimum Gasteiger partial charge on any atom is -0.205 e. The van der Waals surface area contributed by atoms with E-state index in [2.05, 4.69) is 0 Å². The first-order valence-electron chi connectivity index (χ1n) is 2.73. The third-order valence-corrected chi connectivity index (χ3v) is 3.39. The van der Waals surface area contributed by atoms with E-state index in [0.717, 1.165) is 9.13 Å². The summed E-state index contributed by atoms with van der Waals surface area (Å²) in [6.07, 6.45) is 0. The summed E-state index contributed by atoms with van der Waals surface area (Å²) in [6, 6.07) is 3.71. The molecule has 1 aromatic rings. The highest BCUT2D eigenvalue weighted by Gasteiger charge is 2.04. The van der Waals surface area contributed by atoms with Crippen LogP contribution in [0.3, 0.4) is 0 Å². The largest absolute Gasteiger partial charge is 0.205 e. The van der Waals surface area contributed by atoms with Gasteiger partial charge in [0.1, 0.15) is 5.82 Å². The third-order valence-electron chi connectivity index (χ3n) is 1.23. The van der Waals surface area contributed by atoms with Crippen LogP contribution in [0.1, 0.15) is 5.56 Å². The SMILES string of the molecule is Cc1ccc(I)c(F)c1I. The molecule has 0 saturated heterocycles. The summed E-state index contributed by atoms with van der Waals surface area (Å²) >= 11 is 4.00. The van der Waals surface area contributed by atoms with Crippen molar-refractivity contribution in [3.05, 3.63) is 30.7 Å². The van der Waals surface area contributed by atoms with E-state index in [-0.39, 0.29) is 5.82 Å². The minimum absolute atomic E-state index is 0.0961. The molecule has 0 heterocycles. The van der Waals surface area contributed by atoms with Crippen LogP contribution >= 0.6 is 45.2 Å². The van der Waals surface area contributed by atoms with Crippen molar-refractivity contribution in [2.24, 2.45) is 0 Å². The second-order valence-electron chi connectivity index (χ2n) is 1.99. The molecule has 0 spiro atoms. The highest BCUT2D eigenvalue weighted by atomic mass is 127. The van der Waals surface area contributed by atoms with Crippen molar-refractivity contribution in [3.8, 4) is 0 Å². The zero-order valence-corrected chi connectivity index (χ0v) is 9.60. The van der Waals surface area contributed by atoms with Crippen LogP contribution in [0.2, 0.25) is 0 Å². The van der Waals surface area contributed by atoms with E-state index >= 15 is 0 Å². The molecule has 0 radical (unpaired) electrons. The van der Waals surface area contributed by atoms with Crippen molar-refractivity contribution in [2.75, 3.05) is 0 Å². The molecule has 1 rings (SSSR count). The molecule has 10 heavy (non-hydrogen) atoms. The predicted octanol–water partition coefficient (Wildman–Crippen LogP) is 3.34. The van der Waals surface area contributed by atoms with Crippen LogP contribution in [0, 0.1) is 19.9 Å². The lowest BCUT2D eigenvalue weighted by Gasteiger charge is -1.99. The molecule has 0 atom stereocenters. The number of benzene rings is 1. The molecule has 0 saturated carbocycles. The monoisotopic (exact) mass is 362 g/mol. The fourth-order valence-corrected chi connectivity index (χ4v) is 2.06. The van der Waals surface area contributed by atoms with Gasteiger partial charge in [0.25, 0.3) is 0 Å². The number of aryl methyl sites for hydroxylation is 1. The Hall–Kier alpha value is 0.610. The number of hydrogen-bond donors (Lipinski definition) is 0. The Morgan fingerprint density at radius 1 is 1.30 bits per heavy atom. The van der Waals surface area contributed by atoms with Gasteiger partial charge in [-0.2, -0.15) is 0 Å². The molecule has 0 nitrogen and oxygen atoms in total. The first kappa shape index (κ1) is 8.70. The van der Waals surface area contributed by atoms with Crippen LogP contribution < -0.4 is 0 Å². The van der Waals surface area contributed by atoms with Gasteiger partial charge in [-0.05, 0) is 63.7 Å². The third kappa shape index (κ3) is 1.61. The van der Waals surface area contributed by atoms with Crippen molar-refractivity contribution < 1.29 is 4.39 Å². The molecule has 0 unspecified atom stereocenters. The van der Waals surface area contributed by atoms with Crippen LogP contribution in [0.4, 0.5) is 4.39 Å². The minimum atomic E-state index is -0.0961. The maximum atomic E-state index is 13.0. The summed E-state index contributed by atoms with van der Waals surface area (Å²) in [7, 11) is 0. The van der Waals surface area contributed by atoms with Crippen molar-refractivity contribution in [1.82, 2.24) is 0 Å². The van der Waals surface area contributed by atoms with Gasteiger partial charge < -0.3 is 0 Å². The average Bonchev–Trinajstić information content (AvgIpc) is 1.93. The normalized spacial score (nSPS) is 10.0. The number of rotatable bonds is 0. The van der Waals surface area contributed by atoms with Crippen LogP contribution in [0.15, 0.2) is 12.1 Å². The van der Waals surface area contributed by atoms with Gasteiger partial charge in [0, 0.05) is 3.57 Å². The Balaban J connectivity index is 3.34. The van der Waals surface area contributed by atoms with Crippen molar-refractivity contribution in [2.45, 2.75) is 6.92 Å². The Kier molecular flexibility index (Phi) is 2.91. The molecule has 0 bridgehead atoms. The van der Waals surface area contributed by atoms with Gasteiger partial charge >= 0.3 is 0 Å². The lowest BCUT2D eigenvalue weighted by Crippen LogP contribution is -1.89. The summed E-state index contributed by atoms with van der Waals surface area (Å²) < 4.78 is 14.4. The lowest BCUT2D eigenvalue weighted by atomic mass is 10.2. The van der Waals surface area contributed by atoms with Crippen molar-refractivity contribution in [3.63, 3.8) is 0 Å². The Labute approximate surface area is 86.5 Å². The van der Waals surface area contributed by atoms with E-state index in [9.17, 15) is 4.39 Å². The summed E-state index contributed by atoms with van der Waals surface area (Å²) in [5.74, 6) is -0.0961. The topological polar surface area (TPSA) is 0 Å². The quantitative estimate of drug-likeness (QED) is 0.491. The Morgan fingerprint density at radius 3 is 2.40 bits per heavy atom. The van der Waals surface area contributed by atoms with E-state index in [4.69, 9.17) is 0 Å². The summed E-state index contributed by atoms with van der Waals surface area (Å²) in [4.78, 5) is 0. The van der Waals surface area contributed by atoms with Crippen LogP contribution in [-0.4, -0.2) is 0 Å². The van der Waals surface area contributed by atoms with Gasteiger partial charge in [0.2, 0.25) is 0 Å². The molecule has 3 heteroatoms. The summed E-state index contributed by atoms with van der Waals surface area (Å²) in [6.45, 7) is 1.90. The lowest BCUT2D eigenvalue weighted by molar-refractivity contribution is 0.611. The van der Waals surface area contributed by atoms with Gasteiger partial charge in [-0.15, -0.1) is 0 Å². The number of hydrogen-bond acceptors (Lipinski definition) is 0. The highest BCUT2D eigenvalue weighted by Crippen LogP contribution is 2.20. The maximum Gasteiger partial charge on any atom is 0.150 e. The fraction of sp³-hybridized carbons (Fsp3) is 0.143. The van der Waals surface area contributed by atoms with E-state index < -0.39 is 0 Å². The van der Waals surface area contributed by atoms with E-state index in [1.807, 2.05) is 58.2 Å². The molecule has 0 aliphatic heterocycles. The first-order chi connectivity index (χ1) is 4.63. The predicted molar refractivity (Wildman–Crippen MR) is 56.6 cm³/mol. The molecule has 0 aliphatic carbocycles. The highest BCUT2D eigenvalue weighted by molar-refractivity contribution is 14.1. The molecule has 0 aliphatic rings. The smallest absolute Gasteiger partial charge is 0.150 e. The van der Waals surface area contributed by atoms with E-state index in [0.29, 0.717) is 3.57 Å². The average molecular weight is 362 g/mol.